The number of nitrogens with one attached hydrogen (secondary N) is 1. The van der Waals surface area contributed by atoms with Gasteiger partial charge in [0, 0.05) is 12.2 Å². The Morgan fingerprint density at radius 1 is 1.24 bits per heavy atom. The molecular formula is C18H20ClN3O5S2. The van der Waals surface area contributed by atoms with Crippen LogP contribution in [0.2, 0.25) is 4.34 Å². The number of halogens is 1. The van der Waals surface area contributed by atoms with Crippen molar-refractivity contribution in [1.29, 1.82) is 0 Å². The molecule has 2 fully saturated rings. The fourth-order valence-corrected chi connectivity index (χ4v) is 5.90. The Hall–Kier alpha value is -1.98. The molecule has 8 nitrogen and oxygen atoms in total. The van der Waals surface area contributed by atoms with Crippen LogP contribution in [-0.2, 0) is 4.74 Å². The molecule has 1 atom stereocenters. The van der Waals surface area contributed by atoms with E-state index in [0.717, 1.165) is 6.42 Å². The number of anilines is 2. The van der Waals surface area contributed by atoms with Gasteiger partial charge in [-0.1, -0.05) is 11.6 Å². The second kappa shape index (κ2) is 8.04. The summed E-state index contributed by atoms with van der Waals surface area (Å²) < 4.78 is 27.7. The molecule has 0 saturated carbocycles. The number of cyclic esters (lactones) is 1. The standard InChI is InChI=1S/C18H20ClN3O5S2/c19-16-7-6-15(28-16)17(23)20-10-14-11-21(18(24)27-14)12-2-4-13(5-3-12)22-8-1-9-29(22,25)26/h2-7,14,25-26H,1,8-11H2,(H,20,23). The normalized spacial score (nSPS) is 21.9. The zero-order valence-electron chi connectivity index (χ0n) is 15.3. The Kier molecular flexibility index (Phi) is 5.63. The summed E-state index contributed by atoms with van der Waals surface area (Å²) in [6, 6.07) is 10.3. The first-order valence-electron chi connectivity index (χ1n) is 8.99. The van der Waals surface area contributed by atoms with E-state index in [0.29, 0.717) is 39.4 Å². The van der Waals surface area contributed by atoms with Crippen LogP contribution < -0.4 is 14.5 Å². The molecule has 1 aromatic heterocycles. The SMILES string of the molecule is O=C(NCC1CN(c2ccc(N3CCCS3(O)O)cc2)C(=O)O1)c1ccc(Cl)s1. The van der Waals surface area contributed by atoms with Gasteiger partial charge >= 0.3 is 6.09 Å². The van der Waals surface area contributed by atoms with Crippen LogP contribution in [0, 0.1) is 0 Å². The lowest BCUT2D eigenvalue weighted by Gasteiger charge is -2.38. The van der Waals surface area contributed by atoms with Crippen molar-refractivity contribution < 1.29 is 23.4 Å². The minimum Gasteiger partial charge on any atom is -0.442 e. The zero-order valence-corrected chi connectivity index (χ0v) is 17.7. The highest BCUT2D eigenvalue weighted by atomic mass is 35.5. The predicted molar refractivity (Wildman–Crippen MR) is 115 cm³/mol. The number of carbonyl (C=O) groups is 2. The molecular weight excluding hydrogens is 438 g/mol. The van der Waals surface area contributed by atoms with Crippen molar-refractivity contribution >= 4 is 57.1 Å². The molecule has 2 saturated heterocycles. The first-order valence-corrected chi connectivity index (χ1v) is 11.9. The summed E-state index contributed by atoms with van der Waals surface area (Å²) in [4.78, 5) is 26.3. The molecule has 2 amide bonds. The second-order valence-electron chi connectivity index (χ2n) is 6.74. The Morgan fingerprint density at radius 2 is 1.97 bits per heavy atom. The molecule has 3 N–H and O–H groups in total. The molecule has 1 unspecified atom stereocenters. The number of ether oxygens (including phenoxy) is 1. The van der Waals surface area contributed by atoms with Crippen LogP contribution in [0.1, 0.15) is 16.1 Å². The maximum atomic E-state index is 12.2. The third kappa shape index (κ3) is 4.31. The molecule has 2 aliphatic heterocycles. The van der Waals surface area contributed by atoms with E-state index in [-0.39, 0.29) is 12.5 Å². The summed E-state index contributed by atoms with van der Waals surface area (Å²) in [6.07, 6.45) is -0.220. The van der Waals surface area contributed by atoms with Crippen molar-refractivity contribution in [2.24, 2.45) is 0 Å². The average molecular weight is 458 g/mol. The van der Waals surface area contributed by atoms with E-state index < -0.39 is 23.0 Å². The molecule has 0 radical (unpaired) electrons. The lowest BCUT2D eigenvalue weighted by atomic mass is 10.2. The molecule has 0 spiro atoms. The molecule has 2 aromatic rings. The van der Waals surface area contributed by atoms with Crippen molar-refractivity contribution in [1.82, 2.24) is 5.32 Å². The minimum absolute atomic E-state index is 0.198. The maximum absolute atomic E-state index is 12.2. The Balaban J connectivity index is 1.36. The molecule has 0 bridgehead atoms. The van der Waals surface area contributed by atoms with Crippen LogP contribution in [0.15, 0.2) is 36.4 Å². The van der Waals surface area contributed by atoms with Gasteiger partial charge in [0.05, 0.1) is 33.7 Å². The predicted octanol–water partition coefficient (Wildman–Crippen LogP) is 4.03. The fourth-order valence-electron chi connectivity index (χ4n) is 3.32. The van der Waals surface area contributed by atoms with Crippen LogP contribution in [0.5, 0.6) is 0 Å². The highest BCUT2D eigenvalue weighted by Gasteiger charge is 2.33. The quantitative estimate of drug-likeness (QED) is 0.626. The first-order chi connectivity index (χ1) is 13.8. The summed E-state index contributed by atoms with van der Waals surface area (Å²) in [5, 5.41) is 2.75. The monoisotopic (exact) mass is 457 g/mol. The molecule has 156 valence electrons. The van der Waals surface area contributed by atoms with E-state index in [4.69, 9.17) is 16.3 Å². The van der Waals surface area contributed by atoms with E-state index in [9.17, 15) is 18.7 Å². The number of thiophene rings is 1. The molecule has 1 aromatic carbocycles. The molecule has 2 aliphatic rings. The number of hydrogen-bond donors (Lipinski definition) is 3. The van der Waals surface area contributed by atoms with Crippen LogP contribution in [0.3, 0.4) is 0 Å². The highest BCUT2D eigenvalue weighted by Crippen LogP contribution is 2.51. The van der Waals surface area contributed by atoms with Gasteiger partial charge in [-0.2, -0.15) is 0 Å². The topological polar surface area (TPSA) is 102 Å². The van der Waals surface area contributed by atoms with Crippen molar-refractivity contribution in [3.05, 3.63) is 45.6 Å². The summed E-state index contributed by atoms with van der Waals surface area (Å²) in [7, 11) is -2.75. The fraction of sp³-hybridized carbons (Fsp3) is 0.333. The minimum atomic E-state index is -2.75. The largest absolute Gasteiger partial charge is 0.442 e. The summed E-state index contributed by atoms with van der Waals surface area (Å²) >= 11 is 7.02. The Morgan fingerprint density at radius 3 is 2.59 bits per heavy atom. The van der Waals surface area contributed by atoms with E-state index in [2.05, 4.69) is 5.32 Å². The maximum Gasteiger partial charge on any atom is 0.414 e. The van der Waals surface area contributed by atoms with Gasteiger partial charge in [-0.3, -0.25) is 23.1 Å². The van der Waals surface area contributed by atoms with Gasteiger partial charge in [0.15, 0.2) is 0 Å². The third-order valence-corrected chi connectivity index (χ3v) is 7.91. The molecule has 4 rings (SSSR count). The van der Waals surface area contributed by atoms with Crippen molar-refractivity contribution in [3.8, 4) is 0 Å². The molecule has 29 heavy (non-hydrogen) atoms. The van der Waals surface area contributed by atoms with Crippen molar-refractivity contribution in [2.45, 2.75) is 12.5 Å². The van der Waals surface area contributed by atoms with Crippen LogP contribution in [0.4, 0.5) is 16.2 Å². The second-order valence-corrected chi connectivity index (χ2v) is 10.6. The lowest BCUT2D eigenvalue weighted by Crippen LogP contribution is -2.34. The Bertz CT molecular complexity index is 920. The molecule has 3 heterocycles. The van der Waals surface area contributed by atoms with Gasteiger partial charge in [-0.15, -0.1) is 22.1 Å². The van der Waals surface area contributed by atoms with Crippen LogP contribution in [0.25, 0.3) is 0 Å². The first kappa shape index (κ1) is 20.3. The van der Waals surface area contributed by atoms with Crippen molar-refractivity contribution in [2.75, 3.05) is 34.6 Å². The summed E-state index contributed by atoms with van der Waals surface area (Å²) in [6.45, 7) is 1.09. The van der Waals surface area contributed by atoms with Gasteiger partial charge in [0.1, 0.15) is 6.10 Å². The van der Waals surface area contributed by atoms with Gasteiger partial charge in [-0.25, -0.2) is 4.79 Å². The molecule has 11 heteroatoms. The van der Waals surface area contributed by atoms with Crippen molar-refractivity contribution in [3.63, 3.8) is 0 Å². The van der Waals surface area contributed by atoms with Gasteiger partial charge in [0.2, 0.25) is 0 Å². The number of carbonyl (C=O) groups excluding carboxylic acids is 2. The van der Waals surface area contributed by atoms with Gasteiger partial charge < -0.3 is 10.1 Å². The summed E-state index contributed by atoms with van der Waals surface area (Å²) in [5.41, 5.74) is 1.35. The lowest BCUT2D eigenvalue weighted by molar-refractivity contribution is 0.0920. The number of nitrogens with zero attached hydrogens (tertiary/aromatic N) is 2. The van der Waals surface area contributed by atoms with E-state index in [1.807, 2.05) is 0 Å². The van der Waals surface area contributed by atoms with E-state index in [1.165, 1.54) is 16.2 Å². The zero-order chi connectivity index (χ0) is 20.6. The molecule has 0 aliphatic carbocycles. The van der Waals surface area contributed by atoms with Gasteiger partial charge in [0.25, 0.3) is 5.91 Å². The number of rotatable bonds is 5. The average Bonchev–Trinajstić information content (AvgIpc) is 3.38. The van der Waals surface area contributed by atoms with Gasteiger partial charge in [-0.05, 0) is 42.8 Å². The summed E-state index contributed by atoms with van der Waals surface area (Å²) in [5.74, 6) is 0.114. The Labute approximate surface area is 178 Å². The van der Waals surface area contributed by atoms with E-state index in [1.54, 1.807) is 40.7 Å². The number of benzene rings is 1. The van der Waals surface area contributed by atoms with Crippen LogP contribution >= 0.6 is 33.7 Å². The number of amides is 2. The smallest absolute Gasteiger partial charge is 0.414 e. The van der Waals surface area contributed by atoms with Crippen LogP contribution in [-0.4, -0.2) is 52.6 Å². The highest BCUT2D eigenvalue weighted by molar-refractivity contribution is 8.25. The number of hydrogen-bond acceptors (Lipinski definition) is 7. The third-order valence-electron chi connectivity index (χ3n) is 4.74. The van der Waals surface area contributed by atoms with E-state index >= 15 is 0 Å².